The molecule has 3 aliphatic carbocycles. The molecule has 5 unspecified atom stereocenters. The van der Waals surface area contributed by atoms with Crippen LogP contribution in [0.1, 0.15) is 59.8 Å². The lowest BCUT2D eigenvalue weighted by molar-refractivity contribution is -0.207. The van der Waals surface area contributed by atoms with Crippen molar-refractivity contribution in [1.29, 1.82) is 0 Å². The number of aliphatic hydroxyl groups is 2. The lowest BCUT2D eigenvalue weighted by atomic mass is 9.44. The molecule has 0 radical (unpaired) electrons. The number of carbonyl (C=O) groups excluding carboxylic acids is 2. The number of hydrogen-bond acceptors (Lipinski definition) is 5. The van der Waals surface area contributed by atoms with Crippen molar-refractivity contribution in [2.75, 3.05) is 6.61 Å². The molecule has 0 aromatic carbocycles. The number of ether oxygens (including phenoxy) is 1. The highest BCUT2D eigenvalue weighted by molar-refractivity contribution is 5.85. The third-order valence-electron chi connectivity index (χ3n) is 8.70. The van der Waals surface area contributed by atoms with Gasteiger partial charge in [-0.25, -0.2) is 4.79 Å². The number of hydrogen-bond donors (Lipinski definition) is 2. The zero-order chi connectivity index (χ0) is 20.2. The van der Waals surface area contributed by atoms with Gasteiger partial charge < -0.3 is 14.9 Å². The number of rotatable bonds is 3. The molecule has 27 heavy (non-hydrogen) atoms. The summed E-state index contributed by atoms with van der Waals surface area (Å²) in [6.07, 6.45) is 4.10. The molecule has 3 saturated carbocycles. The van der Waals surface area contributed by atoms with Gasteiger partial charge in [-0.2, -0.15) is 0 Å². The minimum absolute atomic E-state index is 0.0433. The molecule has 0 amide bonds. The van der Waals surface area contributed by atoms with Gasteiger partial charge >= 0.3 is 5.97 Å². The monoisotopic (exact) mass is 378 g/mol. The Hall–Kier alpha value is -1.20. The zero-order valence-electron chi connectivity index (χ0n) is 17.0. The summed E-state index contributed by atoms with van der Waals surface area (Å²) in [5, 5.41) is 20.6. The van der Waals surface area contributed by atoms with E-state index in [9.17, 15) is 19.8 Å². The molecule has 8 atom stereocenters. The van der Waals surface area contributed by atoms with Gasteiger partial charge in [-0.05, 0) is 42.9 Å². The predicted molar refractivity (Wildman–Crippen MR) is 102 cm³/mol. The van der Waals surface area contributed by atoms with Crippen molar-refractivity contribution in [2.45, 2.75) is 72.0 Å². The van der Waals surface area contributed by atoms with Crippen molar-refractivity contribution in [3.8, 4) is 0 Å². The number of esters is 1. The van der Waals surface area contributed by atoms with E-state index in [2.05, 4.69) is 27.4 Å². The third kappa shape index (κ3) is 2.72. The molecule has 3 fully saturated rings. The summed E-state index contributed by atoms with van der Waals surface area (Å²) < 4.78 is 5.77. The molecular formula is C22H34O5. The Labute approximate surface area is 162 Å². The fraction of sp³-hybridized carbons (Fsp3) is 0.818. The van der Waals surface area contributed by atoms with Crippen LogP contribution >= 0.6 is 0 Å². The van der Waals surface area contributed by atoms with E-state index >= 15 is 0 Å². The minimum atomic E-state index is -0.686. The van der Waals surface area contributed by atoms with E-state index in [4.69, 9.17) is 4.74 Å². The predicted octanol–water partition coefficient (Wildman–Crippen LogP) is 2.89. The largest absolute Gasteiger partial charge is 0.460 e. The summed E-state index contributed by atoms with van der Waals surface area (Å²) in [6, 6.07) is 0. The van der Waals surface area contributed by atoms with Crippen LogP contribution < -0.4 is 0 Å². The van der Waals surface area contributed by atoms with Crippen molar-refractivity contribution in [3.63, 3.8) is 0 Å². The first-order valence-electron chi connectivity index (χ1n) is 10.2. The van der Waals surface area contributed by atoms with Crippen LogP contribution in [0.15, 0.2) is 12.7 Å². The number of Topliss-reactive ketones (excluding diaryl/α,β-unsaturated/α-hetero) is 1. The normalized spacial score (nSPS) is 49.7. The Morgan fingerprint density at radius 2 is 2.00 bits per heavy atom. The van der Waals surface area contributed by atoms with Gasteiger partial charge in [0, 0.05) is 23.2 Å². The van der Waals surface area contributed by atoms with E-state index in [-0.39, 0.29) is 29.0 Å². The van der Waals surface area contributed by atoms with Gasteiger partial charge in [0.15, 0.2) is 0 Å². The van der Waals surface area contributed by atoms with Gasteiger partial charge in [0.25, 0.3) is 0 Å². The van der Waals surface area contributed by atoms with E-state index in [1.807, 2.05) is 6.92 Å². The average molecular weight is 379 g/mol. The quantitative estimate of drug-likeness (QED) is 0.583. The van der Waals surface area contributed by atoms with Crippen LogP contribution in [-0.2, 0) is 14.3 Å². The Morgan fingerprint density at radius 3 is 2.59 bits per heavy atom. The maximum Gasteiger partial charge on any atom is 0.332 e. The van der Waals surface area contributed by atoms with E-state index in [0.29, 0.717) is 12.8 Å². The first-order chi connectivity index (χ1) is 12.6. The summed E-state index contributed by atoms with van der Waals surface area (Å²) in [4.78, 5) is 25.2. The molecule has 2 N–H and O–H groups in total. The molecule has 5 nitrogen and oxygen atoms in total. The summed E-state index contributed by atoms with van der Waals surface area (Å²) in [5.41, 5.74) is -1.43. The molecule has 0 aliphatic heterocycles. The average Bonchev–Trinajstić information content (AvgIpc) is 3.00. The Kier molecular flexibility index (Phi) is 5.09. The highest BCUT2D eigenvalue weighted by Gasteiger charge is 2.68. The molecule has 0 aromatic heterocycles. The maximum absolute atomic E-state index is 13.1. The summed E-state index contributed by atoms with van der Waals surface area (Å²) in [5.74, 6) is -0.520. The van der Waals surface area contributed by atoms with Crippen LogP contribution in [0.5, 0.6) is 0 Å². The lowest BCUT2D eigenvalue weighted by Crippen LogP contribution is -2.63. The van der Waals surface area contributed by atoms with Crippen molar-refractivity contribution in [1.82, 2.24) is 0 Å². The van der Waals surface area contributed by atoms with Crippen molar-refractivity contribution in [3.05, 3.63) is 12.7 Å². The second kappa shape index (κ2) is 6.70. The van der Waals surface area contributed by atoms with Crippen LogP contribution in [0.3, 0.4) is 0 Å². The first-order valence-corrected chi connectivity index (χ1v) is 10.2. The van der Waals surface area contributed by atoms with Gasteiger partial charge in [-0.15, -0.1) is 6.58 Å². The molecule has 3 rings (SSSR count). The second-order valence-corrected chi connectivity index (χ2v) is 9.72. The van der Waals surface area contributed by atoms with Gasteiger partial charge in [0.2, 0.25) is 0 Å². The number of carbonyl (C=O) groups is 2. The molecule has 5 heteroatoms. The Bertz CT molecular complexity index is 645. The zero-order valence-corrected chi connectivity index (χ0v) is 17.0. The van der Waals surface area contributed by atoms with Crippen molar-refractivity contribution < 1.29 is 24.5 Å². The maximum atomic E-state index is 13.1. The van der Waals surface area contributed by atoms with Gasteiger partial charge in [-0.1, -0.05) is 33.8 Å². The fourth-order valence-corrected chi connectivity index (χ4v) is 6.70. The summed E-state index contributed by atoms with van der Waals surface area (Å²) in [6.45, 7) is 11.5. The van der Waals surface area contributed by atoms with E-state index in [1.165, 1.54) is 0 Å². The molecule has 0 saturated heterocycles. The Morgan fingerprint density at radius 1 is 1.33 bits per heavy atom. The number of aliphatic hydroxyl groups excluding tert-OH is 2. The molecule has 0 heterocycles. The van der Waals surface area contributed by atoms with E-state index in [0.717, 1.165) is 19.3 Å². The molecule has 152 valence electrons. The highest BCUT2D eigenvalue weighted by Crippen LogP contribution is 2.67. The van der Waals surface area contributed by atoms with Crippen LogP contribution in [0.4, 0.5) is 0 Å². The van der Waals surface area contributed by atoms with Gasteiger partial charge in [0.1, 0.15) is 18.5 Å². The van der Waals surface area contributed by atoms with Crippen LogP contribution in [0, 0.1) is 34.0 Å². The van der Waals surface area contributed by atoms with Gasteiger partial charge in [-0.3, -0.25) is 4.79 Å². The van der Waals surface area contributed by atoms with Crippen LogP contribution in [-0.4, -0.2) is 40.8 Å². The second-order valence-electron chi connectivity index (χ2n) is 9.72. The smallest absolute Gasteiger partial charge is 0.332 e. The molecular weight excluding hydrogens is 344 g/mol. The first kappa shape index (κ1) is 20.5. The van der Waals surface area contributed by atoms with Crippen molar-refractivity contribution in [2.24, 2.45) is 34.0 Å². The highest BCUT2D eigenvalue weighted by atomic mass is 16.6. The lowest BCUT2D eigenvalue weighted by Gasteiger charge is -2.61. The molecule has 0 aromatic rings. The van der Waals surface area contributed by atoms with E-state index in [1.54, 1.807) is 6.08 Å². The SMILES string of the molecule is C=CC1(C)C[C@@H](OC(=O)CO)[C@]2(C)C(C)CCC3(CCC(=O)C32)[C@@H](C)C1O. The summed E-state index contributed by atoms with van der Waals surface area (Å²) in [7, 11) is 0. The van der Waals surface area contributed by atoms with Gasteiger partial charge in [0.05, 0.1) is 6.10 Å². The topological polar surface area (TPSA) is 83.8 Å². The molecule has 3 aliphatic rings. The fourth-order valence-electron chi connectivity index (χ4n) is 6.70. The summed E-state index contributed by atoms with van der Waals surface area (Å²) >= 11 is 0. The molecule has 2 bridgehead atoms. The third-order valence-corrected chi connectivity index (χ3v) is 8.70. The van der Waals surface area contributed by atoms with Crippen LogP contribution in [0.25, 0.3) is 0 Å². The minimum Gasteiger partial charge on any atom is -0.460 e. The molecule has 0 spiro atoms. The van der Waals surface area contributed by atoms with Crippen molar-refractivity contribution >= 4 is 11.8 Å². The number of ketones is 1. The van der Waals surface area contributed by atoms with Crippen LogP contribution in [0.2, 0.25) is 0 Å². The van der Waals surface area contributed by atoms with E-state index < -0.39 is 35.6 Å². The standard InChI is InChI=1S/C22H34O5/c1-6-20(4)11-16(27-17(25)12-23)21(5)13(2)7-9-22(14(3)19(20)26)10-8-15(24)18(21)22/h6,13-14,16,18-19,23,26H,1,7-12H2,2-5H3/t13?,14-,16+,18?,19?,20?,21-,22?/m0/s1. The Balaban J connectivity index is 2.21.